The van der Waals surface area contributed by atoms with Gasteiger partial charge >= 0.3 is 0 Å². The molecule has 0 spiro atoms. The van der Waals surface area contributed by atoms with Crippen molar-refractivity contribution in [3.8, 4) is 11.8 Å². The molecule has 0 saturated heterocycles. The Bertz CT molecular complexity index is 1680. The molecule has 0 radical (unpaired) electrons. The highest BCUT2D eigenvalue weighted by atomic mass is 16.1. The van der Waals surface area contributed by atoms with Crippen LogP contribution in [0.15, 0.2) is 120 Å². The molecular weight excluding hydrogens is 490 g/mol. The molecule has 0 N–H and O–H groups in total. The van der Waals surface area contributed by atoms with Gasteiger partial charge in [-0.2, -0.15) is 0 Å². The SMILES string of the molecule is Cc1nc2c(c(=O)n1C(c1ccccc1)c1ccccc1)CN(Cc1ccc(C#Cc3ccccc3)cc1)CC2. The fourth-order valence-corrected chi connectivity index (χ4v) is 5.48. The van der Waals surface area contributed by atoms with Crippen LogP contribution in [0.4, 0.5) is 0 Å². The molecule has 4 aromatic carbocycles. The predicted molar refractivity (Wildman–Crippen MR) is 160 cm³/mol. The summed E-state index contributed by atoms with van der Waals surface area (Å²) in [6.07, 6.45) is 0.772. The van der Waals surface area contributed by atoms with E-state index in [1.807, 2.05) is 78.2 Å². The van der Waals surface area contributed by atoms with E-state index >= 15 is 0 Å². The van der Waals surface area contributed by atoms with E-state index < -0.39 is 0 Å². The number of rotatable bonds is 5. The van der Waals surface area contributed by atoms with E-state index in [1.165, 1.54) is 5.56 Å². The Balaban J connectivity index is 1.26. The number of hydrogen-bond acceptors (Lipinski definition) is 3. The van der Waals surface area contributed by atoms with Crippen LogP contribution in [0.5, 0.6) is 0 Å². The quantitative estimate of drug-likeness (QED) is 0.261. The number of aryl methyl sites for hydroxylation is 1. The van der Waals surface area contributed by atoms with Crippen molar-refractivity contribution in [1.82, 2.24) is 14.5 Å². The summed E-state index contributed by atoms with van der Waals surface area (Å²) in [4.78, 5) is 21.4. The maximum atomic E-state index is 14.1. The molecular formula is C36H31N3O. The van der Waals surface area contributed by atoms with Crippen LogP contribution in [0.25, 0.3) is 0 Å². The third-order valence-corrected chi connectivity index (χ3v) is 7.49. The molecule has 196 valence electrons. The Hall–Kier alpha value is -4.72. The van der Waals surface area contributed by atoms with Gasteiger partial charge in [-0.1, -0.05) is 103 Å². The minimum atomic E-state index is -0.229. The third-order valence-electron chi connectivity index (χ3n) is 7.49. The maximum Gasteiger partial charge on any atom is 0.259 e. The van der Waals surface area contributed by atoms with Crippen molar-refractivity contribution in [2.45, 2.75) is 32.5 Å². The Morgan fingerprint density at radius 3 is 1.90 bits per heavy atom. The van der Waals surface area contributed by atoms with Gasteiger partial charge in [-0.05, 0) is 47.9 Å². The number of fused-ring (bicyclic) bond motifs is 1. The molecule has 0 atom stereocenters. The predicted octanol–water partition coefficient (Wildman–Crippen LogP) is 6.15. The molecule has 0 saturated carbocycles. The molecule has 1 aliphatic heterocycles. The molecule has 40 heavy (non-hydrogen) atoms. The van der Waals surface area contributed by atoms with Crippen LogP contribution in [0.1, 0.15) is 50.9 Å². The second-order valence-corrected chi connectivity index (χ2v) is 10.3. The van der Waals surface area contributed by atoms with Crippen molar-refractivity contribution in [2.75, 3.05) is 6.54 Å². The summed E-state index contributed by atoms with van der Waals surface area (Å²) >= 11 is 0. The van der Waals surface area contributed by atoms with E-state index in [-0.39, 0.29) is 11.6 Å². The summed E-state index contributed by atoms with van der Waals surface area (Å²) in [6.45, 7) is 4.20. The number of benzene rings is 4. The number of nitrogens with zero attached hydrogens (tertiary/aromatic N) is 3. The third kappa shape index (κ3) is 5.52. The molecule has 4 heteroatoms. The van der Waals surface area contributed by atoms with E-state index in [1.54, 1.807) is 0 Å². The van der Waals surface area contributed by atoms with E-state index in [0.29, 0.717) is 6.54 Å². The summed E-state index contributed by atoms with van der Waals surface area (Å²) in [5.74, 6) is 7.21. The summed E-state index contributed by atoms with van der Waals surface area (Å²) in [5.41, 5.74) is 7.15. The van der Waals surface area contributed by atoms with Crippen molar-refractivity contribution in [3.63, 3.8) is 0 Å². The molecule has 5 aromatic rings. The molecule has 6 rings (SSSR count). The number of hydrogen-bond donors (Lipinski definition) is 0. The average molecular weight is 522 g/mol. The van der Waals surface area contributed by atoms with Crippen LogP contribution in [0, 0.1) is 18.8 Å². The van der Waals surface area contributed by atoms with Crippen molar-refractivity contribution < 1.29 is 0 Å². The van der Waals surface area contributed by atoms with Gasteiger partial charge in [0.15, 0.2) is 0 Å². The Labute approximate surface area is 235 Å². The van der Waals surface area contributed by atoms with Crippen molar-refractivity contribution >= 4 is 0 Å². The lowest BCUT2D eigenvalue weighted by atomic mass is 9.97. The highest BCUT2D eigenvalue weighted by Crippen LogP contribution is 2.27. The molecule has 1 aromatic heterocycles. The summed E-state index contributed by atoms with van der Waals surface area (Å²) < 4.78 is 1.88. The highest BCUT2D eigenvalue weighted by molar-refractivity contribution is 5.43. The minimum absolute atomic E-state index is 0.0523. The molecule has 0 unspecified atom stereocenters. The van der Waals surface area contributed by atoms with Crippen LogP contribution in [-0.2, 0) is 19.5 Å². The summed E-state index contributed by atoms with van der Waals surface area (Å²) in [7, 11) is 0. The van der Waals surface area contributed by atoms with Gasteiger partial charge < -0.3 is 0 Å². The highest BCUT2D eigenvalue weighted by Gasteiger charge is 2.27. The van der Waals surface area contributed by atoms with E-state index in [2.05, 4.69) is 65.3 Å². The Kier molecular flexibility index (Phi) is 7.39. The zero-order chi connectivity index (χ0) is 27.3. The van der Waals surface area contributed by atoms with Gasteiger partial charge in [0.05, 0.1) is 17.3 Å². The van der Waals surface area contributed by atoms with Crippen molar-refractivity contribution in [3.05, 3.63) is 171 Å². The lowest BCUT2D eigenvalue weighted by Gasteiger charge is -2.30. The van der Waals surface area contributed by atoms with Gasteiger partial charge in [0.25, 0.3) is 5.56 Å². The van der Waals surface area contributed by atoms with Crippen LogP contribution in [-0.4, -0.2) is 21.0 Å². The molecule has 0 amide bonds. The fourth-order valence-electron chi connectivity index (χ4n) is 5.48. The average Bonchev–Trinajstić information content (AvgIpc) is 3.00. The molecule has 0 fully saturated rings. The topological polar surface area (TPSA) is 38.1 Å². The molecule has 0 aliphatic carbocycles. The second kappa shape index (κ2) is 11.6. The first-order chi connectivity index (χ1) is 19.7. The fraction of sp³-hybridized carbons (Fsp3) is 0.167. The standard InChI is InChI=1S/C36H31N3O/c1-27-37-34-23-24-38(25-30-21-19-29(20-22-30)18-17-28-11-5-2-6-12-28)26-33(34)36(40)39(27)35(31-13-7-3-8-14-31)32-15-9-4-10-16-32/h2-16,19-22,35H,23-26H2,1H3. The van der Waals surface area contributed by atoms with Crippen LogP contribution >= 0.6 is 0 Å². The van der Waals surface area contributed by atoms with Crippen LogP contribution in [0.3, 0.4) is 0 Å². The van der Waals surface area contributed by atoms with Gasteiger partial charge in [-0.25, -0.2) is 4.98 Å². The molecule has 1 aliphatic rings. The molecule has 4 nitrogen and oxygen atoms in total. The van der Waals surface area contributed by atoms with E-state index in [0.717, 1.165) is 58.8 Å². The van der Waals surface area contributed by atoms with Crippen molar-refractivity contribution in [2.24, 2.45) is 0 Å². The number of aromatic nitrogens is 2. The lowest BCUT2D eigenvalue weighted by molar-refractivity contribution is 0.240. The van der Waals surface area contributed by atoms with Crippen LogP contribution < -0.4 is 5.56 Å². The zero-order valence-corrected chi connectivity index (χ0v) is 22.6. The van der Waals surface area contributed by atoms with Gasteiger partial charge in [0.1, 0.15) is 5.82 Å². The second-order valence-electron chi connectivity index (χ2n) is 10.3. The first-order valence-electron chi connectivity index (χ1n) is 13.7. The summed E-state index contributed by atoms with van der Waals surface area (Å²) in [6, 6.07) is 38.7. The minimum Gasteiger partial charge on any atom is -0.294 e. The van der Waals surface area contributed by atoms with E-state index in [9.17, 15) is 4.79 Å². The van der Waals surface area contributed by atoms with Gasteiger partial charge in [0, 0.05) is 37.2 Å². The maximum absolute atomic E-state index is 14.1. The first-order valence-corrected chi connectivity index (χ1v) is 13.7. The first kappa shape index (κ1) is 25.6. The molecule has 2 heterocycles. The molecule has 0 bridgehead atoms. The Morgan fingerprint density at radius 1 is 0.750 bits per heavy atom. The normalized spacial score (nSPS) is 12.9. The van der Waals surface area contributed by atoms with Gasteiger partial charge in [-0.3, -0.25) is 14.3 Å². The van der Waals surface area contributed by atoms with Crippen LogP contribution in [0.2, 0.25) is 0 Å². The summed E-state index contributed by atoms with van der Waals surface area (Å²) in [5, 5.41) is 0. The van der Waals surface area contributed by atoms with Gasteiger partial charge in [0.2, 0.25) is 0 Å². The van der Waals surface area contributed by atoms with Crippen molar-refractivity contribution in [1.29, 1.82) is 0 Å². The Morgan fingerprint density at radius 2 is 1.30 bits per heavy atom. The largest absolute Gasteiger partial charge is 0.294 e. The van der Waals surface area contributed by atoms with E-state index in [4.69, 9.17) is 4.98 Å². The monoisotopic (exact) mass is 521 g/mol. The van der Waals surface area contributed by atoms with Gasteiger partial charge in [-0.15, -0.1) is 0 Å². The zero-order valence-electron chi connectivity index (χ0n) is 22.6. The lowest BCUT2D eigenvalue weighted by Crippen LogP contribution is -2.40. The smallest absolute Gasteiger partial charge is 0.259 e.